The normalized spacial score (nSPS) is 15.4. The predicted molar refractivity (Wildman–Crippen MR) is 66.6 cm³/mol. The molecule has 0 aliphatic heterocycles. The van der Waals surface area contributed by atoms with Gasteiger partial charge in [-0.1, -0.05) is 11.6 Å². The molecule has 1 fully saturated rings. The van der Waals surface area contributed by atoms with Crippen LogP contribution in [-0.4, -0.2) is 12.6 Å². The molecule has 2 N–H and O–H groups in total. The zero-order valence-corrected chi connectivity index (χ0v) is 10.0. The maximum Gasteiger partial charge on any atom is 0.0656 e. The number of nitrogens with zero attached hydrogens (tertiary/aromatic N) is 1. The smallest absolute Gasteiger partial charge is 0.0656 e. The number of nitrogens with two attached hydrogens (primary N) is 1. The Morgan fingerprint density at radius 3 is 2.67 bits per heavy atom. The van der Waals surface area contributed by atoms with E-state index in [1.54, 1.807) is 0 Å². The molecule has 0 amide bonds. The summed E-state index contributed by atoms with van der Waals surface area (Å²) in [6, 6.07) is 4.67. The highest BCUT2D eigenvalue weighted by molar-refractivity contribution is 6.33. The Hall–Kier alpha value is -0.890. The molecule has 0 heterocycles. The zero-order chi connectivity index (χ0) is 11.0. The number of hydrogen-bond donors (Lipinski definition) is 1. The summed E-state index contributed by atoms with van der Waals surface area (Å²) >= 11 is 6.06. The van der Waals surface area contributed by atoms with E-state index in [0.29, 0.717) is 16.8 Å². The lowest BCUT2D eigenvalue weighted by molar-refractivity contribution is 0.822. The van der Waals surface area contributed by atoms with E-state index < -0.39 is 0 Å². The van der Waals surface area contributed by atoms with Gasteiger partial charge in [-0.05, 0) is 44.4 Å². The molecule has 82 valence electrons. The third kappa shape index (κ3) is 2.05. The Morgan fingerprint density at radius 2 is 2.13 bits per heavy atom. The standard InChI is InChI=1S/C12H17ClN2/c1-3-15(9-4-5-9)12-7-10(13)11(14)6-8(12)2/h6-7,9H,3-5,14H2,1-2H3. The van der Waals surface area contributed by atoms with Crippen molar-refractivity contribution in [1.82, 2.24) is 0 Å². The number of hydrogen-bond acceptors (Lipinski definition) is 2. The van der Waals surface area contributed by atoms with E-state index in [4.69, 9.17) is 17.3 Å². The molecule has 0 spiro atoms. The summed E-state index contributed by atoms with van der Waals surface area (Å²) in [5, 5.41) is 0.662. The van der Waals surface area contributed by atoms with Crippen molar-refractivity contribution < 1.29 is 0 Å². The van der Waals surface area contributed by atoms with Crippen molar-refractivity contribution in [3.63, 3.8) is 0 Å². The monoisotopic (exact) mass is 224 g/mol. The fraction of sp³-hybridized carbons (Fsp3) is 0.500. The average Bonchev–Trinajstić information content (AvgIpc) is 2.99. The molecular weight excluding hydrogens is 208 g/mol. The van der Waals surface area contributed by atoms with Crippen molar-refractivity contribution in [3.05, 3.63) is 22.7 Å². The van der Waals surface area contributed by atoms with Gasteiger partial charge in [-0.25, -0.2) is 0 Å². The van der Waals surface area contributed by atoms with Crippen LogP contribution in [0.25, 0.3) is 0 Å². The first-order valence-corrected chi connectivity index (χ1v) is 5.83. The second kappa shape index (κ2) is 3.93. The molecule has 1 aromatic rings. The Labute approximate surface area is 96.0 Å². The molecule has 0 bridgehead atoms. The fourth-order valence-corrected chi connectivity index (χ4v) is 2.17. The van der Waals surface area contributed by atoms with Crippen molar-refractivity contribution >= 4 is 23.0 Å². The van der Waals surface area contributed by atoms with E-state index >= 15 is 0 Å². The highest BCUT2D eigenvalue weighted by atomic mass is 35.5. The summed E-state index contributed by atoms with van der Waals surface area (Å²) in [6.45, 7) is 5.31. The third-order valence-electron chi connectivity index (χ3n) is 2.95. The summed E-state index contributed by atoms with van der Waals surface area (Å²) in [5.41, 5.74) is 8.89. The lowest BCUT2D eigenvalue weighted by Crippen LogP contribution is -2.25. The van der Waals surface area contributed by atoms with Crippen LogP contribution in [0.2, 0.25) is 5.02 Å². The van der Waals surface area contributed by atoms with Crippen LogP contribution in [-0.2, 0) is 0 Å². The third-order valence-corrected chi connectivity index (χ3v) is 3.28. The molecule has 0 aromatic heterocycles. The molecule has 3 heteroatoms. The van der Waals surface area contributed by atoms with Crippen LogP contribution in [0, 0.1) is 6.92 Å². The second-order valence-electron chi connectivity index (χ2n) is 4.18. The SMILES string of the molecule is CCN(c1cc(Cl)c(N)cc1C)C1CC1. The van der Waals surface area contributed by atoms with E-state index in [9.17, 15) is 0 Å². The van der Waals surface area contributed by atoms with Gasteiger partial charge in [0.1, 0.15) is 0 Å². The number of halogens is 1. The number of benzene rings is 1. The summed E-state index contributed by atoms with van der Waals surface area (Å²) in [5.74, 6) is 0. The number of aryl methyl sites for hydroxylation is 1. The van der Waals surface area contributed by atoms with E-state index in [0.717, 1.165) is 6.54 Å². The van der Waals surface area contributed by atoms with E-state index in [1.807, 2.05) is 12.1 Å². The second-order valence-corrected chi connectivity index (χ2v) is 4.58. The minimum absolute atomic E-state index is 0.662. The molecule has 2 nitrogen and oxygen atoms in total. The summed E-state index contributed by atoms with van der Waals surface area (Å²) in [7, 11) is 0. The van der Waals surface area contributed by atoms with Crippen molar-refractivity contribution in [1.29, 1.82) is 0 Å². The largest absolute Gasteiger partial charge is 0.398 e. The summed E-state index contributed by atoms with van der Waals surface area (Å²) in [6.07, 6.45) is 2.60. The lowest BCUT2D eigenvalue weighted by Gasteiger charge is -2.25. The van der Waals surface area contributed by atoms with Crippen LogP contribution in [0.5, 0.6) is 0 Å². The maximum atomic E-state index is 6.06. The average molecular weight is 225 g/mol. The maximum absolute atomic E-state index is 6.06. The highest BCUT2D eigenvalue weighted by Crippen LogP contribution is 2.36. The highest BCUT2D eigenvalue weighted by Gasteiger charge is 2.29. The van der Waals surface area contributed by atoms with Gasteiger partial charge < -0.3 is 10.6 Å². The van der Waals surface area contributed by atoms with Gasteiger partial charge in [0.25, 0.3) is 0 Å². The number of rotatable bonds is 3. The van der Waals surface area contributed by atoms with Crippen LogP contribution < -0.4 is 10.6 Å². The van der Waals surface area contributed by atoms with Crippen LogP contribution >= 0.6 is 11.6 Å². The molecule has 0 radical (unpaired) electrons. The Morgan fingerprint density at radius 1 is 1.47 bits per heavy atom. The van der Waals surface area contributed by atoms with Crippen molar-refractivity contribution in [2.75, 3.05) is 17.2 Å². The summed E-state index contributed by atoms with van der Waals surface area (Å²) in [4.78, 5) is 2.42. The van der Waals surface area contributed by atoms with Gasteiger partial charge in [0.05, 0.1) is 10.7 Å². The molecule has 1 aliphatic carbocycles. The molecule has 0 saturated heterocycles. The van der Waals surface area contributed by atoms with Crippen molar-refractivity contribution in [2.45, 2.75) is 32.7 Å². The van der Waals surface area contributed by atoms with E-state index in [1.165, 1.54) is 24.1 Å². The number of nitrogen functional groups attached to an aromatic ring is 1. The molecule has 1 aromatic carbocycles. The summed E-state index contributed by atoms with van der Waals surface area (Å²) < 4.78 is 0. The van der Waals surface area contributed by atoms with Gasteiger partial charge in [-0.2, -0.15) is 0 Å². The lowest BCUT2D eigenvalue weighted by atomic mass is 10.1. The Kier molecular flexibility index (Phi) is 2.79. The Balaban J connectivity index is 2.37. The van der Waals surface area contributed by atoms with Gasteiger partial charge in [0.2, 0.25) is 0 Å². The molecular formula is C12H17ClN2. The molecule has 1 saturated carbocycles. The topological polar surface area (TPSA) is 29.3 Å². The predicted octanol–water partition coefficient (Wildman–Crippen LogP) is 3.22. The molecule has 0 unspecified atom stereocenters. The first kappa shape index (κ1) is 10.6. The quantitative estimate of drug-likeness (QED) is 0.799. The first-order chi connectivity index (χ1) is 7.13. The first-order valence-electron chi connectivity index (χ1n) is 5.45. The van der Waals surface area contributed by atoms with E-state index in [-0.39, 0.29) is 0 Å². The van der Waals surface area contributed by atoms with Gasteiger partial charge in [-0.15, -0.1) is 0 Å². The molecule has 2 rings (SSSR count). The van der Waals surface area contributed by atoms with E-state index in [2.05, 4.69) is 18.7 Å². The van der Waals surface area contributed by atoms with Crippen molar-refractivity contribution in [3.8, 4) is 0 Å². The fourth-order valence-electron chi connectivity index (χ4n) is 2.01. The van der Waals surface area contributed by atoms with Crippen molar-refractivity contribution in [2.24, 2.45) is 0 Å². The van der Waals surface area contributed by atoms with Crippen LogP contribution in [0.15, 0.2) is 12.1 Å². The minimum Gasteiger partial charge on any atom is -0.398 e. The van der Waals surface area contributed by atoms with Crippen LogP contribution in [0.3, 0.4) is 0 Å². The van der Waals surface area contributed by atoms with Gasteiger partial charge in [-0.3, -0.25) is 0 Å². The molecule has 15 heavy (non-hydrogen) atoms. The van der Waals surface area contributed by atoms with Gasteiger partial charge in [0.15, 0.2) is 0 Å². The van der Waals surface area contributed by atoms with Gasteiger partial charge in [0, 0.05) is 18.3 Å². The molecule has 0 atom stereocenters. The Bertz CT molecular complexity index is 372. The number of anilines is 2. The van der Waals surface area contributed by atoms with Crippen LogP contribution in [0.4, 0.5) is 11.4 Å². The van der Waals surface area contributed by atoms with Gasteiger partial charge >= 0.3 is 0 Å². The molecule has 1 aliphatic rings. The zero-order valence-electron chi connectivity index (χ0n) is 9.26. The minimum atomic E-state index is 0.662. The van der Waals surface area contributed by atoms with Crippen LogP contribution in [0.1, 0.15) is 25.3 Å².